The lowest BCUT2D eigenvalue weighted by molar-refractivity contribution is 0.673. The molecular formula is C16H15N3. The number of pyridine rings is 2. The molecule has 0 fully saturated rings. The monoisotopic (exact) mass is 249 g/mol. The third kappa shape index (κ3) is 2.20. The van der Waals surface area contributed by atoms with Gasteiger partial charge < -0.3 is 5.32 Å². The average molecular weight is 249 g/mol. The van der Waals surface area contributed by atoms with Crippen molar-refractivity contribution in [3.05, 3.63) is 72.3 Å². The molecule has 2 heterocycles. The maximum absolute atomic E-state index is 4.44. The Bertz CT molecular complexity index is 674. The first-order valence-electron chi connectivity index (χ1n) is 6.31. The van der Waals surface area contributed by atoms with E-state index in [0.717, 1.165) is 16.6 Å². The van der Waals surface area contributed by atoms with Gasteiger partial charge in [-0.05, 0) is 24.6 Å². The molecule has 1 aromatic carbocycles. The third-order valence-electron chi connectivity index (χ3n) is 3.28. The summed E-state index contributed by atoms with van der Waals surface area (Å²) in [7, 11) is 1.95. The zero-order chi connectivity index (χ0) is 13.1. The largest absolute Gasteiger partial charge is 0.308 e. The van der Waals surface area contributed by atoms with Crippen LogP contribution in [0.15, 0.2) is 61.1 Å². The van der Waals surface area contributed by atoms with E-state index in [9.17, 15) is 0 Å². The fourth-order valence-electron chi connectivity index (χ4n) is 2.38. The Hall–Kier alpha value is -2.26. The molecule has 94 valence electrons. The number of benzene rings is 1. The molecule has 0 aliphatic rings. The van der Waals surface area contributed by atoms with Crippen LogP contribution in [0.25, 0.3) is 10.8 Å². The first kappa shape index (κ1) is 11.8. The van der Waals surface area contributed by atoms with E-state index in [1.807, 2.05) is 49.9 Å². The van der Waals surface area contributed by atoms with Crippen molar-refractivity contribution in [2.45, 2.75) is 6.04 Å². The van der Waals surface area contributed by atoms with E-state index in [4.69, 9.17) is 0 Å². The lowest BCUT2D eigenvalue weighted by Gasteiger charge is -2.17. The van der Waals surface area contributed by atoms with Crippen LogP contribution < -0.4 is 5.32 Å². The fourth-order valence-corrected chi connectivity index (χ4v) is 2.38. The van der Waals surface area contributed by atoms with Gasteiger partial charge in [-0.25, -0.2) is 0 Å². The van der Waals surface area contributed by atoms with Gasteiger partial charge in [0.15, 0.2) is 0 Å². The highest BCUT2D eigenvalue weighted by atomic mass is 14.9. The van der Waals surface area contributed by atoms with Crippen molar-refractivity contribution < 1.29 is 0 Å². The molecule has 3 nitrogen and oxygen atoms in total. The molecule has 0 aliphatic heterocycles. The van der Waals surface area contributed by atoms with Crippen molar-refractivity contribution in [3.8, 4) is 0 Å². The second-order valence-corrected chi connectivity index (χ2v) is 4.43. The molecule has 0 saturated heterocycles. The van der Waals surface area contributed by atoms with Crippen LogP contribution in [0.5, 0.6) is 0 Å². The summed E-state index contributed by atoms with van der Waals surface area (Å²) in [6, 6.07) is 14.3. The number of rotatable bonds is 3. The fraction of sp³-hybridized carbons (Fsp3) is 0.125. The van der Waals surface area contributed by atoms with E-state index in [2.05, 4.69) is 33.5 Å². The van der Waals surface area contributed by atoms with Gasteiger partial charge in [-0.3, -0.25) is 9.97 Å². The normalized spacial score (nSPS) is 12.5. The molecular weight excluding hydrogens is 234 g/mol. The molecule has 2 aromatic heterocycles. The molecule has 0 spiro atoms. The first-order chi connectivity index (χ1) is 9.40. The van der Waals surface area contributed by atoms with Crippen LogP contribution in [0, 0.1) is 0 Å². The van der Waals surface area contributed by atoms with E-state index < -0.39 is 0 Å². The Labute approximate surface area is 112 Å². The molecule has 3 aromatic rings. The highest BCUT2D eigenvalue weighted by Crippen LogP contribution is 2.26. The standard InChI is InChI=1S/C16H15N3/c1-17-16(15-8-4-5-9-19-15)14-11-18-10-12-6-2-3-7-13(12)14/h2-11,16-17H,1H3. The van der Waals surface area contributed by atoms with Crippen molar-refractivity contribution in [3.63, 3.8) is 0 Å². The number of nitrogens with zero attached hydrogens (tertiary/aromatic N) is 2. The van der Waals surface area contributed by atoms with E-state index in [1.165, 1.54) is 5.39 Å². The van der Waals surface area contributed by atoms with Gasteiger partial charge >= 0.3 is 0 Å². The van der Waals surface area contributed by atoms with Gasteiger partial charge in [-0.1, -0.05) is 30.3 Å². The highest BCUT2D eigenvalue weighted by molar-refractivity contribution is 5.85. The molecule has 1 N–H and O–H groups in total. The van der Waals surface area contributed by atoms with E-state index in [-0.39, 0.29) is 6.04 Å². The predicted octanol–water partition coefficient (Wildman–Crippen LogP) is 2.94. The van der Waals surface area contributed by atoms with Gasteiger partial charge in [0.2, 0.25) is 0 Å². The third-order valence-corrected chi connectivity index (χ3v) is 3.28. The Morgan fingerprint density at radius 3 is 2.63 bits per heavy atom. The second kappa shape index (κ2) is 5.16. The summed E-state index contributed by atoms with van der Waals surface area (Å²) in [5, 5.41) is 5.68. The van der Waals surface area contributed by atoms with E-state index in [1.54, 1.807) is 0 Å². The number of hydrogen-bond donors (Lipinski definition) is 1. The van der Waals surface area contributed by atoms with Gasteiger partial charge in [-0.2, -0.15) is 0 Å². The maximum atomic E-state index is 4.44. The lowest BCUT2D eigenvalue weighted by Crippen LogP contribution is -2.19. The van der Waals surface area contributed by atoms with E-state index >= 15 is 0 Å². The number of hydrogen-bond acceptors (Lipinski definition) is 3. The van der Waals surface area contributed by atoms with Crippen molar-refractivity contribution in [1.29, 1.82) is 0 Å². The SMILES string of the molecule is CNC(c1ccccn1)c1cncc2ccccc12. The summed E-state index contributed by atoms with van der Waals surface area (Å²) in [6.45, 7) is 0. The van der Waals surface area contributed by atoms with Crippen LogP contribution in [0.3, 0.4) is 0 Å². The average Bonchev–Trinajstić information content (AvgIpc) is 2.49. The molecule has 0 saturated carbocycles. The Balaban J connectivity index is 2.17. The van der Waals surface area contributed by atoms with Crippen LogP contribution in [0.2, 0.25) is 0 Å². The topological polar surface area (TPSA) is 37.8 Å². The lowest BCUT2D eigenvalue weighted by atomic mass is 9.99. The smallest absolute Gasteiger partial charge is 0.0770 e. The van der Waals surface area contributed by atoms with Crippen LogP contribution in [0.4, 0.5) is 0 Å². The summed E-state index contributed by atoms with van der Waals surface area (Å²) < 4.78 is 0. The quantitative estimate of drug-likeness (QED) is 0.775. The summed E-state index contributed by atoms with van der Waals surface area (Å²) in [5.41, 5.74) is 2.16. The van der Waals surface area contributed by atoms with Crippen molar-refractivity contribution in [2.24, 2.45) is 0 Å². The first-order valence-corrected chi connectivity index (χ1v) is 6.31. The van der Waals surface area contributed by atoms with Crippen molar-refractivity contribution in [1.82, 2.24) is 15.3 Å². The Morgan fingerprint density at radius 2 is 1.84 bits per heavy atom. The minimum Gasteiger partial charge on any atom is -0.308 e. The second-order valence-electron chi connectivity index (χ2n) is 4.43. The van der Waals surface area contributed by atoms with Crippen LogP contribution in [0.1, 0.15) is 17.3 Å². The van der Waals surface area contributed by atoms with Gasteiger partial charge in [-0.15, -0.1) is 0 Å². The van der Waals surface area contributed by atoms with Gasteiger partial charge in [0.05, 0.1) is 11.7 Å². The molecule has 0 radical (unpaired) electrons. The van der Waals surface area contributed by atoms with Crippen molar-refractivity contribution >= 4 is 10.8 Å². The number of aromatic nitrogens is 2. The van der Waals surface area contributed by atoms with Crippen LogP contribution >= 0.6 is 0 Å². The van der Waals surface area contributed by atoms with E-state index in [0.29, 0.717) is 0 Å². The molecule has 19 heavy (non-hydrogen) atoms. The van der Waals surface area contributed by atoms with Gasteiger partial charge in [0.25, 0.3) is 0 Å². The highest BCUT2D eigenvalue weighted by Gasteiger charge is 2.15. The maximum Gasteiger partial charge on any atom is 0.0770 e. The molecule has 1 unspecified atom stereocenters. The van der Waals surface area contributed by atoms with Gasteiger partial charge in [0, 0.05) is 29.5 Å². The number of nitrogens with one attached hydrogen (secondary N) is 1. The summed E-state index contributed by atoms with van der Waals surface area (Å²) in [6.07, 6.45) is 5.63. The molecule has 0 amide bonds. The minimum atomic E-state index is 0.0554. The Kier molecular flexibility index (Phi) is 3.21. The Morgan fingerprint density at radius 1 is 1.00 bits per heavy atom. The molecule has 0 aliphatic carbocycles. The molecule has 3 heteroatoms. The summed E-state index contributed by atoms with van der Waals surface area (Å²) in [4.78, 5) is 8.78. The zero-order valence-electron chi connectivity index (χ0n) is 10.7. The van der Waals surface area contributed by atoms with Crippen LogP contribution in [-0.4, -0.2) is 17.0 Å². The van der Waals surface area contributed by atoms with Crippen molar-refractivity contribution in [2.75, 3.05) is 7.05 Å². The van der Waals surface area contributed by atoms with Gasteiger partial charge in [0.1, 0.15) is 0 Å². The predicted molar refractivity (Wildman–Crippen MR) is 76.9 cm³/mol. The molecule has 3 rings (SSSR count). The summed E-state index contributed by atoms with van der Waals surface area (Å²) >= 11 is 0. The molecule has 0 bridgehead atoms. The zero-order valence-corrected chi connectivity index (χ0v) is 10.7. The minimum absolute atomic E-state index is 0.0554. The molecule has 1 atom stereocenters. The number of fused-ring (bicyclic) bond motifs is 1. The summed E-state index contributed by atoms with van der Waals surface area (Å²) in [5.74, 6) is 0. The van der Waals surface area contributed by atoms with Crippen LogP contribution in [-0.2, 0) is 0 Å².